The van der Waals surface area contributed by atoms with Crippen LogP contribution < -0.4 is 5.32 Å². The fourth-order valence-corrected chi connectivity index (χ4v) is 2.10. The molecule has 2 rings (SSSR count). The van der Waals surface area contributed by atoms with Crippen LogP contribution in [0.3, 0.4) is 0 Å². The number of rotatable bonds is 1. The molecule has 1 nitrogen and oxygen atoms in total. The molecule has 2 aliphatic rings. The third-order valence-electron chi connectivity index (χ3n) is 2.81. The first kappa shape index (κ1) is 6.41. The highest BCUT2D eigenvalue weighted by atomic mass is 14.9. The van der Waals surface area contributed by atoms with Gasteiger partial charge in [0.1, 0.15) is 0 Å². The maximum atomic E-state index is 3.42. The van der Waals surface area contributed by atoms with Crippen molar-refractivity contribution in [3.05, 3.63) is 12.2 Å². The van der Waals surface area contributed by atoms with E-state index in [1.54, 1.807) is 0 Å². The second-order valence-corrected chi connectivity index (χ2v) is 3.46. The highest BCUT2D eigenvalue weighted by Crippen LogP contribution is 2.29. The molecule has 0 bridgehead atoms. The molecule has 1 aliphatic heterocycles. The van der Waals surface area contributed by atoms with E-state index in [4.69, 9.17) is 0 Å². The molecular weight excluding hydrogens is 122 g/mol. The second-order valence-electron chi connectivity index (χ2n) is 3.46. The molecule has 1 fully saturated rings. The van der Waals surface area contributed by atoms with Gasteiger partial charge in [0.05, 0.1) is 0 Å². The first-order chi connectivity index (χ1) is 4.97. The summed E-state index contributed by atoms with van der Waals surface area (Å²) in [5.74, 6) is 1.96. The van der Waals surface area contributed by atoms with Crippen LogP contribution in [-0.2, 0) is 0 Å². The molecule has 1 aliphatic carbocycles. The van der Waals surface area contributed by atoms with Gasteiger partial charge in [-0.1, -0.05) is 12.2 Å². The van der Waals surface area contributed by atoms with Crippen molar-refractivity contribution in [3.63, 3.8) is 0 Å². The summed E-state index contributed by atoms with van der Waals surface area (Å²) in [7, 11) is 0. The molecule has 1 heterocycles. The Labute approximate surface area is 62.5 Å². The van der Waals surface area contributed by atoms with Crippen LogP contribution in [-0.4, -0.2) is 13.1 Å². The average Bonchev–Trinajstić information content (AvgIpc) is 2.59. The van der Waals surface area contributed by atoms with E-state index in [0.29, 0.717) is 0 Å². The van der Waals surface area contributed by atoms with Crippen molar-refractivity contribution in [2.45, 2.75) is 19.3 Å². The smallest absolute Gasteiger partial charge is 0.00172 e. The van der Waals surface area contributed by atoms with Gasteiger partial charge < -0.3 is 5.32 Å². The Morgan fingerprint density at radius 1 is 1.10 bits per heavy atom. The van der Waals surface area contributed by atoms with Crippen LogP contribution in [0.4, 0.5) is 0 Å². The molecule has 1 saturated heterocycles. The van der Waals surface area contributed by atoms with Crippen molar-refractivity contribution < 1.29 is 0 Å². The van der Waals surface area contributed by atoms with Crippen LogP contribution >= 0.6 is 0 Å². The summed E-state index contributed by atoms with van der Waals surface area (Å²) in [6.07, 6.45) is 8.76. The van der Waals surface area contributed by atoms with Gasteiger partial charge in [0.25, 0.3) is 0 Å². The first-order valence-corrected chi connectivity index (χ1v) is 4.32. The van der Waals surface area contributed by atoms with E-state index in [0.717, 1.165) is 11.8 Å². The molecule has 1 N–H and O–H groups in total. The van der Waals surface area contributed by atoms with Gasteiger partial charge in [0, 0.05) is 0 Å². The van der Waals surface area contributed by atoms with E-state index in [1.165, 1.54) is 32.4 Å². The van der Waals surface area contributed by atoms with Crippen molar-refractivity contribution >= 4 is 0 Å². The average molecular weight is 137 g/mol. The summed E-state index contributed by atoms with van der Waals surface area (Å²) < 4.78 is 0. The fraction of sp³-hybridized carbons (Fsp3) is 0.778. The number of hydrogen-bond donors (Lipinski definition) is 1. The molecule has 0 aromatic rings. The van der Waals surface area contributed by atoms with Gasteiger partial charge in [0.15, 0.2) is 0 Å². The van der Waals surface area contributed by atoms with Crippen molar-refractivity contribution in [1.82, 2.24) is 5.32 Å². The summed E-state index contributed by atoms with van der Waals surface area (Å²) in [4.78, 5) is 0. The second kappa shape index (κ2) is 2.75. The third kappa shape index (κ3) is 1.10. The number of nitrogens with one attached hydrogen (secondary N) is 1. The molecule has 56 valence electrons. The Bertz CT molecular complexity index is 126. The topological polar surface area (TPSA) is 12.0 Å². The van der Waals surface area contributed by atoms with Crippen LogP contribution in [0.5, 0.6) is 0 Å². The summed E-state index contributed by atoms with van der Waals surface area (Å²) in [5.41, 5.74) is 0. The maximum Gasteiger partial charge on any atom is -0.00172 e. The van der Waals surface area contributed by atoms with Gasteiger partial charge >= 0.3 is 0 Å². The maximum absolute atomic E-state index is 3.42. The normalized spacial score (nSPS) is 33.8. The van der Waals surface area contributed by atoms with Crippen molar-refractivity contribution in [1.29, 1.82) is 0 Å². The van der Waals surface area contributed by atoms with Crippen LogP contribution in [0, 0.1) is 11.8 Å². The van der Waals surface area contributed by atoms with Crippen molar-refractivity contribution in [3.8, 4) is 0 Å². The largest absolute Gasteiger partial charge is 0.316 e. The third-order valence-corrected chi connectivity index (χ3v) is 2.81. The minimum atomic E-state index is 0.981. The van der Waals surface area contributed by atoms with Crippen molar-refractivity contribution in [2.75, 3.05) is 13.1 Å². The lowest BCUT2D eigenvalue weighted by molar-refractivity contribution is 0.377. The van der Waals surface area contributed by atoms with Crippen LogP contribution in [0.2, 0.25) is 0 Å². The Kier molecular flexibility index (Phi) is 1.76. The molecule has 0 radical (unpaired) electrons. The van der Waals surface area contributed by atoms with Gasteiger partial charge in [-0.15, -0.1) is 0 Å². The van der Waals surface area contributed by atoms with Crippen LogP contribution in [0.25, 0.3) is 0 Å². The molecule has 0 spiro atoms. The van der Waals surface area contributed by atoms with Crippen molar-refractivity contribution in [2.24, 2.45) is 11.8 Å². The quantitative estimate of drug-likeness (QED) is 0.541. The Hall–Kier alpha value is -0.300. The van der Waals surface area contributed by atoms with Gasteiger partial charge in [-0.25, -0.2) is 0 Å². The van der Waals surface area contributed by atoms with E-state index in [9.17, 15) is 0 Å². The summed E-state index contributed by atoms with van der Waals surface area (Å²) >= 11 is 0. The molecule has 1 atom stereocenters. The predicted molar refractivity (Wildman–Crippen MR) is 42.8 cm³/mol. The molecule has 1 heteroatoms. The highest BCUT2D eigenvalue weighted by molar-refractivity contribution is 4.97. The van der Waals surface area contributed by atoms with E-state index in [2.05, 4.69) is 17.5 Å². The summed E-state index contributed by atoms with van der Waals surface area (Å²) in [5, 5.41) is 3.42. The standard InChI is InChI=1S/C9H15N/c1-2-4-8(3-1)9-5-6-10-7-9/h1-2,8-10H,3-7H2. The molecule has 0 aromatic carbocycles. The van der Waals surface area contributed by atoms with E-state index < -0.39 is 0 Å². The highest BCUT2D eigenvalue weighted by Gasteiger charge is 2.24. The lowest BCUT2D eigenvalue weighted by Crippen LogP contribution is -2.15. The molecule has 10 heavy (non-hydrogen) atoms. The fourth-order valence-electron chi connectivity index (χ4n) is 2.10. The zero-order valence-corrected chi connectivity index (χ0v) is 6.34. The zero-order chi connectivity index (χ0) is 6.81. The van der Waals surface area contributed by atoms with Gasteiger partial charge in [-0.2, -0.15) is 0 Å². The Balaban J connectivity index is 1.87. The molecule has 0 amide bonds. The van der Waals surface area contributed by atoms with E-state index in [1.807, 2.05) is 0 Å². The SMILES string of the molecule is C1=CCC(C2CCNC2)C1. The minimum Gasteiger partial charge on any atom is -0.316 e. The zero-order valence-electron chi connectivity index (χ0n) is 6.34. The number of hydrogen-bond acceptors (Lipinski definition) is 1. The van der Waals surface area contributed by atoms with Gasteiger partial charge in [0.2, 0.25) is 0 Å². The number of allylic oxidation sites excluding steroid dienone is 2. The summed E-state index contributed by atoms with van der Waals surface area (Å²) in [6, 6.07) is 0. The lowest BCUT2D eigenvalue weighted by Gasteiger charge is -2.15. The molecular formula is C9H15N. The van der Waals surface area contributed by atoms with Crippen LogP contribution in [0.1, 0.15) is 19.3 Å². The van der Waals surface area contributed by atoms with Gasteiger partial charge in [-0.05, 0) is 44.2 Å². The molecule has 0 aromatic heterocycles. The summed E-state index contributed by atoms with van der Waals surface area (Å²) in [6.45, 7) is 2.52. The molecule has 0 saturated carbocycles. The molecule has 1 unspecified atom stereocenters. The Morgan fingerprint density at radius 2 is 1.90 bits per heavy atom. The minimum absolute atomic E-state index is 0.981. The lowest BCUT2D eigenvalue weighted by atomic mass is 9.90. The predicted octanol–water partition coefficient (Wildman–Crippen LogP) is 1.56. The van der Waals surface area contributed by atoms with Gasteiger partial charge in [-0.3, -0.25) is 0 Å². The van der Waals surface area contributed by atoms with Crippen LogP contribution in [0.15, 0.2) is 12.2 Å². The Morgan fingerprint density at radius 3 is 2.50 bits per heavy atom. The van der Waals surface area contributed by atoms with E-state index in [-0.39, 0.29) is 0 Å². The monoisotopic (exact) mass is 137 g/mol. The van der Waals surface area contributed by atoms with E-state index >= 15 is 0 Å². The first-order valence-electron chi connectivity index (χ1n) is 4.32.